The standard InChI is InChI=1S/C16H15N5O5/c1-16(25)12(24)9(5-22)26-15(16)21-4-8-7(3-17)2-10(23)20-13-11(8)14(21)19-6-18-13/h2,4,6,9,12,15,22,24-25H,5H2,1H3,(H,18,19,20,23)/t9-,12-,15-,16-/m1/s1. The number of rotatable bonds is 2. The first kappa shape index (κ1) is 16.6. The van der Waals surface area contributed by atoms with E-state index in [4.69, 9.17) is 4.74 Å². The van der Waals surface area contributed by atoms with E-state index in [0.29, 0.717) is 16.6 Å². The van der Waals surface area contributed by atoms with Gasteiger partial charge >= 0.3 is 0 Å². The van der Waals surface area contributed by atoms with Gasteiger partial charge in [-0.25, -0.2) is 4.99 Å². The molecule has 4 atom stereocenters. The number of aliphatic hydroxyl groups excluding tert-OH is 2. The molecule has 2 aromatic rings. The predicted octanol–water partition coefficient (Wildman–Crippen LogP) is -0.645. The first-order valence-electron chi connectivity index (χ1n) is 7.84. The Morgan fingerprint density at radius 3 is 2.96 bits per heavy atom. The van der Waals surface area contributed by atoms with E-state index in [1.165, 1.54) is 24.0 Å². The fourth-order valence-electron chi connectivity index (χ4n) is 3.40. The highest BCUT2D eigenvalue weighted by Gasteiger charge is 2.53. The molecular formula is C16H15N5O5. The average molecular weight is 357 g/mol. The summed E-state index contributed by atoms with van der Waals surface area (Å²) < 4.78 is 7.10. The lowest BCUT2D eigenvalue weighted by Gasteiger charge is -2.28. The van der Waals surface area contributed by atoms with Crippen molar-refractivity contribution in [1.29, 1.82) is 5.26 Å². The summed E-state index contributed by atoms with van der Waals surface area (Å²) in [7, 11) is 0. The Bertz CT molecular complexity index is 1040. The van der Waals surface area contributed by atoms with Gasteiger partial charge in [-0.3, -0.25) is 4.79 Å². The molecule has 2 aliphatic heterocycles. The zero-order chi connectivity index (χ0) is 18.6. The molecule has 2 aliphatic rings. The summed E-state index contributed by atoms with van der Waals surface area (Å²) in [5.74, 6) is 0.538. The minimum atomic E-state index is -1.72. The van der Waals surface area contributed by atoms with Crippen molar-refractivity contribution in [1.82, 2.24) is 9.55 Å². The predicted molar refractivity (Wildman–Crippen MR) is 90.1 cm³/mol. The smallest absolute Gasteiger partial charge is 0.273 e. The van der Waals surface area contributed by atoms with Gasteiger partial charge in [0.1, 0.15) is 35.5 Å². The summed E-state index contributed by atoms with van der Waals surface area (Å²) in [6.07, 6.45) is -0.516. The van der Waals surface area contributed by atoms with Crippen LogP contribution in [0, 0.1) is 11.3 Å². The first-order chi connectivity index (χ1) is 12.4. The van der Waals surface area contributed by atoms with Gasteiger partial charge in [0.05, 0.1) is 23.9 Å². The van der Waals surface area contributed by atoms with Crippen LogP contribution in [0.2, 0.25) is 0 Å². The summed E-state index contributed by atoms with van der Waals surface area (Å²) in [5, 5.41) is 43.3. The van der Waals surface area contributed by atoms with E-state index < -0.39 is 36.2 Å². The monoisotopic (exact) mass is 357 g/mol. The van der Waals surface area contributed by atoms with Crippen molar-refractivity contribution >= 4 is 28.7 Å². The number of hydrogen-bond donors (Lipinski definition) is 4. The minimum Gasteiger partial charge on any atom is -0.394 e. The summed E-state index contributed by atoms with van der Waals surface area (Å²) in [6.45, 7) is 0.916. The van der Waals surface area contributed by atoms with Crippen molar-refractivity contribution in [2.75, 3.05) is 11.9 Å². The largest absolute Gasteiger partial charge is 0.394 e. The van der Waals surface area contributed by atoms with Crippen molar-refractivity contribution in [3.63, 3.8) is 0 Å². The number of aliphatic hydroxyl groups is 3. The third-order valence-electron chi connectivity index (χ3n) is 4.72. The fourth-order valence-corrected chi connectivity index (χ4v) is 3.40. The SMILES string of the molecule is C[C@@]1(O)[C@H](O)[C@@H](CO)O[C@H]1n1cc2c(C#N)cc(=O)nc3c2c1N=CN3. The number of nitriles is 1. The van der Waals surface area contributed by atoms with Crippen LogP contribution in [-0.2, 0) is 4.74 Å². The number of ether oxygens (including phenoxy) is 1. The van der Waals surface area contributed by atoms with Crippen LogP contribution in [0.5, 0.6) is 0 Å². The van der Waals surface area contributed by atoms with E-state index in [0.717, 1.165) is 6.07 Å². The van der Waals surface area contributed by atoms with Crippen LogP contribution in [-0.4, -0.2) is 55.6 Å². The van der Waals surface area contributed by atoms with Crippen LogP contribution in [0.15, 0.2) is 22.1 Å². The molecule has 0 amide bonds. The molecule has 0 saturated carbocycles. The Kier molecular flexibility index (Phi) is 3.57. The Balaban J connectivity index is 2.02. The van der Waals surface area contributed by atoms with Gasteiger partial charge in [-0.15, -0.1) is 0 Å². The molecule has 134 valence electrons. The summed E-state index contributed by atoms with van der Waals surface area (Å²) >= 11 is 0. The molecule has 4 N–H and O–H groups in total. The number of aromatic nitrogens is 2. The lowest BCUT2D eigenvalue weighted by molar-refractivity contribution is -0.0955. The van der Waals surface area contributed by atoms with Crippen molar-refractivity contribution in [3.05, 3.63) is 28.2 Å². The molecule has 10 nitrogen and oxygen atoms in total. The third-order valence-corrected chi connectivity index (χ3v) is 4.72. The summed E-state index contributed by atoms with van der Waals surface area (Å²) in [5.41, 5.74) is -2.20. The zero-order valence-electron chi connectivity index (χ0n) is 13.6. The highest BCUT2D eigenvalue weighted by Crippen LogP contribution is 2.44. The average Bonchev–Trinajstić information content (AvgIpc) is 3.04. The van der Waals surface area contributed by atoms with Gasteiger partial charge in [0.2, 0.25) is 0 Å². The lowest BCUT2D eigenvalue weighted by Crippen LogP contribution is -2.44. The fraction of sp³-hybridized carbons (Fsp3) is 0.375. The van der Waals surface area contributed by atoms with Crippen LogP contribution in [0.1, 0.15) is 18.7 Å². The maximum atomic E-state index is 11.9. The van der Waals surface area contributed by atoms with E-state index in [9.17, 15) is 25.4 Å². The number of hydrogen-bond acceptors (Lipinski definition) is 9. The van der Waals surface area contributed by atoms with E-state index >= 15 is 0 Å². The van der Waals surface area contributed by atoms with Crippen LogP contribution in [0.25, 0.3) is 10.8 Å². The molecule has 0 unspecified atom stereocenters. The van der Waals surface area contributed by atoms with Crippen molar-refractivity contribution < 1.29 is 20.1 Å². The topological polar surface area (TPSA) is 153 Å². The molecule has 4 rings (SSSR count). The number of anilines is 1. The minimum absolute atomic E-state index is 0.0968. The van der Waals surface area contributed by atoms with Crippen LogP contribution in [0.3, 0.4) is 0 Å². The van der Waals surface area contributed by atoms with E-state index in [1.54, 1.807) is 0 Å². The van der Waals surface area contributed by atoms with E-state index in [2.05, 4.69) is 15.3 Å². The highest BCUT2D eigenvalue weighted by atomic mass is 16.6. The van der Waals surface area contributed by atoms with Crippen LogP contribution < -0.4 is 10.9 Å². The second kappa shape index (κ2) is 5.58. The molecule has 26 heavy (non-hydrogen) atoms. The zero-order valence-corrected chi connectivity index (χ0v) is 13.6. The summed E-state index contributed by atoms with van der Waals surface area (Å²) in [6, 6.07) is 3.08. The second-order valence-electron chi connectivity index (χ2n) is 6.40. The van der Waals surface area contributed by atoms with Gasteiger partial charge in [-0.05, 0) is 6.92 Å². The van der Waals surface area contributed by atoms with Crippen LogP contribution >= 0.6 is 0 Å². The third kappa shape index (κ3) is 2.16. The summed E-state index contributed by atoms with van der Waals surface area (Å²) in [4.78, 5) is 20.0. The molecule has 10 heteroatoms. The highest BCUT2D eigenvalue weighted by molar-refractivity contribution is 6.08. The normalized spacial score (nSPS) is 29.6. The van der Waals surface area contributed by atoms with Gasteiger partial charge in [0.25, 0.3) is 5.56 Å². The molecule has 0 bridgehead atoms. The Labute approximate surface area is 146 Å². The molecule has 0 aliphatic carbocycles. The first-order valence-corrected chi connectivity index (χ1v) is 7.84. The van der Waals surface area contributed by atoms with Crippen molar-refractivity contribution in [2.24, 2.45) is 4.99 Å². The van der Waals surface area contributed by atoms with E-state index in [-0.39, 0.29) is 11.4 Å². The maximum Gasteiger partial charge on any atom is 0.273 e. The lowest BCUT2D eigenvalue weighted by atomic mass is 9.96. The Morgan fingerprint density at radius 2 is 2.31 bits per heavy atom. The molecule has 0 aromatic carbocycles. The maximum absolute atomic E-state index is 11.9. The number of nitrogens with zero attached hydrogens (tertiary/aromatic N) is 4. The van der Waals surface area contributed by atoms with Gasteiger partial charge in [-0.2, -0.15) is 10.2 Å². The Morgan fingerprint density at radius 1 is 1.54 bits per heavy atom. The molecule has 0 radical (unpaired) electrons. The Hall–Kier alpha value is -2.84. The number of nitrogens with one attached hydrogen (secondary N) is 1. The molecule has 1 fully saturated rings. The van der Waals surface area contributed by atoms with Gasteiger partial charge in [0.15, 0.2) is 6.23 Å². The van der Waals surface area contributed by atoms with Gasteiger partial charge < -0.3 is 29.9 Å². The van der Waals surface area contributed by atoms with Gasteiger partial charge in [-0.1, -0.05) is 0 Å². The second-order valence-corrected chi connectivity index (χ2v) is 6.40. The molecule has 2 aromatic heterocycles. The van der Waals surface area contributed by atoms with Crippen molar-refractivity contribution in [2.45, 2.75) is 31.0 Å². The number of aliphatic imine (C=N–C) groups is 1. The van der Waals surface area contributed by atoms with Gasteiger partial charge in [0, 0.05) is 17.6 Å². The molecule has 4 heterocycles. The quantitative estimate of drug-likeness (QED) is 0.553. The molecule has 1 saturated heterocycles. The van der Waals surface area contributed by atoms with Crippen LogP contribution in [0.4, 0.5) is 11.6 Å². The molecular weight excluding hydrogens is 342 g/mol. The van der Waals surface area contributed by atoms with Crippen molar-refractivity contribution in [3.8, 4) is 6.07 Å². The molecule has 0 spiro atoms. The van der Waals surface area contributed by atoms with E-state index in [1.807, 2.05) is 6.07 Å².